The summed E-state index contributed by atoms with van der Waals surface area (Å²) < 4.78 is 25.7. The van der Waals surface area contributed by atoms with Gasteiger partial charge in [0.2, 0.25) is 0 Å². The van der Waals surface area contributed by atoms with Crippen LogP contribution < -0.4 is 4.90 Å². The first-order chi connectivity index (χ1) is 6.15. The minimum atomic E-state index is -0.536. The van der Waals surface area contributed by atoms with Gasteiger partial charge in [-0.2, -0.15) is 0 Å². The molecule has 0 aliphatic carbocycles. The number of rotatable bonds is 3. The molecule has 0 atom stereocenters. The van der Waals surface area contributed by atoms with Crippen molar-refractivity contribution in [3.8, 4) is 0 Å². The van der Waals surface area contributed by atoms with E-state index in [0.29, 0.717) is 5.69 Å². The summed E-state index contributed by atoms with van der Waals surface area (Å²) in [5, 5.41) is 0. The summed E-state index contributed by atoms with van der Waals surface area (Å²) in [5.74, 6) is -1.04. The van der Waals surface area contributed by atoms with Crippen LogP contribution in [0.2, 0.25) is 0 Å². The largest absolute Gasteiger partial charge is 0.372 e. The van der Waals surface area contributed by atoms with Crippen LogP contribution in [0.15, 0.2) is 18.2 Å². The average molecular weight is 185 g/mol. The van der Waals surface area contributed by atoms with Crippen LogP contribution in [0.25, 0.3) is 0 Å². The number of hydrogen-bond acceptors (Lipinski definition) is 1. The molecule has 0 heterocycles. The molecule has 1 nitrogen and oxygen atoms in total. The highest BCUT2D eigenvalue weighted by Gasteiger charge is 2.06. The number of halogens is 2. The Morgan fingerprint density at radius 2 is 2.00 bits per heavy atom. The van der Waals surface area contributed by atoms with Gasteiger partial charge in [0.05, 0.1) is 5.69 Å². The van der Waals surface area contributed by atoms with E-state index in [-0.39, 0.29) is 0 Å². The smallest absolute Gasteiger partial charge is 0.149 e. The molecule has 1 aromatic carbocycles. The maximum absolute atomic E-state index is 13.1. The first-order valence-corrected chi connectivity index (χ1v) is 4.31. The van der Waals surface area contributed by atoms with Gasteiger partial charge < -0.3 is 4.90 Å². The zero-order chi connectivity index (χ0) is 9.84. The lowest BCUT2D eigenvalue weighted by Gasteiger charge is -2.18. The molecular weight excluding hydrogens is 172 g/mol. The molecule has 0 fully saturated rings. The molecule has 0 unspecified atom stereocenters. The van der Waals surface area contributed by atoms with E-state index < -0.39 is 11.6 Å². The predicted octanol–water partition coefficient (Wildman–Crippen LogP) is 2.81. The normalized spacial score (nSPS) is 10.2. The van der Waals surface area contributed by atoms with Crippen LogP contribution >= 0.6 is 0 Å². The molecule has 0 radical (unpaired) electrons. The Labute approximate surface area is 77.0 Å². The third kappa shape index (κ3) is 2.41. The van der Waals surface area contributed by atoms with Gasteiger partial charge in [0, 0.05) is 19.7 Å². The van der Waals surface area contributed by atoms with Crippen LogP contribution in [0, 0.1) is 11.6 Å². The molecule has 3 heteroatoms. The van der Waals surface area contributed by atoms with Gasteiger partial charge in [0.25, 0.3) is 0 Å². The van der Waals surface area contributed by atoms with Gasteiger partial charge in [0.15, 0.2) is 0 Å². The highest BCUT2D eigenvalue weighted by atomic mass is 19.1. The highest BCUT2D eigenvalue weighted by Crippen LogP contribution is 2.18. The molecule has 0 saturated heterocycles. The third-order valence-corrected chi connectivity index (χ3v) is 1.88. The lowest BCUT2D eigenvalue weighted by Crippen LogP contribution is -2.18. The quantitative estimate of drug-likeness (QED) is 0.699. The summed E-state index contributed by atoms with van der Waals surface area (Å²) in [6, 6.07) is 3.63. The van der Waals surface area contributed by atoms with Crippen molar-refractivity contribution < 1.29 is 8.78 Å². The Morgan fingerprint density at radius 1 is 1.31 bits per heavy atom. The molecule has 0 saturated carbocycles. The minimum Gasteiger partial charge on any atom is -0.372 e. The maximum atomic E-state index is 13.1. The summed E-state index contributed by atoms with van der Waals surface area (Å²) >= 11 is 0. The third-order valence-electron chi connectivity index (χ3n) is 1.88. The molecule has 0 N–H and O–H groups in total. The number of anilines is 1. The Bertz CT molecular complexity index is 286. The number of benzene rings is 1. The van der Waals surface area contributed by atoms with Crippen molar-refractivity contribution in [2.75, 3.05) is 18.5 Å². The van der Waals surface area contributed by atoms with Crippen LogP contribution in [0.5, 0.6) is 0 Å². The fourth-order valence-corrected chi connectivity index (χ4v) is 1.25. The molecule has 0 aliphatic heterocycles. The predicted molar refractivity (Wildman–Crippen MR) is 49.9 cm³/mol. The first-order valence-electron chi connectivity index (χ1n) is 4.31. The second-order valence-electron chi connectivity index (χ2n) is 3.02. The zero-order valence-corrected chi connectivity index (χ0v) is 7.85. The van der Waals surface area contributed by atoms with Gasteiger partial charge in [-0.25, -0.2) is 8.78 Å². The Kier molecular flexibility index (Phi) is 3.23. The summed E-state index contributed by atoms with van der Waals surface area (Å²) in [6.07, 6.45) is 0.938. The van der Waals surface area contributed by atoms with Crippen LogP contribution in [-0.4, -0.2) is 13.6 Å². The molecule has 0 aliphatic rings. The van der Waals surface area contributed by atoms with Gasteiger partial charge in [0.1, 0.15) is 11.6 Å². The lowest BCUT2D eigenvalue weighted by molar-refractivity contribution is 0.580. The summed E-state index contributed by atoms with van der Waals surface area (Å²) in [5.41, 5.74) is 0.447. The monoisotopic (exact) mass is 185 g/mol. The van der Waals surface area contributed by atoms with Crippen LogP contribution in [-0.2, 0) is 0 Å². The van der Waals surface area contributed by atoms with Gasteiger partial charge in [-0.1, -0.05) is 6.92 Å². The fraction of sp³-hybridized carbons (Fsp3) is 0.400. The molecular formula is C10H13F2N. The lowest BCUT2D eigenvalue weighted by atomic mass is 10.2. The number of hydrogen-bond donors (Lipinski definition) is 0. The molecule has 13 heavy (non-hydrogen) atoms. The van der Waals surface area contributed by atoms with Crippen LogP contribution in [0.3, 0.4) is 0 Å². The van der Waals surface area contributed by atoms with Gasteiger partial charge >= 0.3 is 0 Å². The van der Waals surface area contributed by atoms with Crippen LogP contribution in [0.4, 0.5) is 14.5 Å². The minimum absolute atomic E-state index is 0.447. The van der Waals surface area contributed by atoms with E-state index in [0.717, 1.165) is 19.0 Å². The van der Waals surface area contributed by atoms with Gasteiger partial charge in [-0.15, -0.1) is 0 Å². The summed E-state index contributed by atoms with van der Waals surface area (Å²) in [7, 11) is 1.79. The molecule has 0 amide bonds. The van der Waals surface area contributed by atoms with E-state index in [2.05, 4.69) is 0 Å². The maximum Gasteiger partial charge on any atom is 0.149 e. The Hall–Kier alpha value is -1.12. The van der Waals surface area contributed by atoms with E-state index in [1.807, 2.05) is 6.92 Å². The Balaban J connectivity index is 2.88. The van der Waals surface area contributed by atoms with Crippen molar-refractivity contribution in [3.63, 3.8) is 0 Å². The standard InChI is InChI=1S/C10H13F2N/c1-3-6-13(2)10-5-4-8(11)7-9(10)12/h4-5,7H,3,6H2,1-2H3. The van der Waals surface area contributed by atoms with Crippen molar-refractivity contribution in [3.05, 3.63) is 29.8 Å². The first kappa shape index (κ1) is 9.96. The SMILES string of the molecule is CCCN(C)c1ccc(F)cc1F. The van der Waals surface area contributed by atoms with E-state index >= 15 is 0 Å². The van der Waals surface area contributed by atoms with E-state index in [1.54, 1.807) is 11.9 Å². The van der Waals surface area contributed by atoms with Crippen molar-refractivity contribution >= 4 is 5.69 Å². The van der Waals surface area contributed by atoms with E-state index in [9.17, 15) is 8.78 Å². The molecule has 0 spiro atoms. The topological polar surface area (TPSA) is 3.24 Å². The zero-order valence-electron chi connectivity index (χ0n) is 7.85. The van der Waals surface area contributed by atoms with Crippen molar-refractivity contribution in [1.29, 1.82) is 0 Å². The molecule has 1 aromatic rings. The van der Waals surface area contributed by atoms with Gasteiger partial charge in [-0.3, -0.25) is 0 Å². The number of nitrogens with zero attached hydrogens (tertiary/aromatic N) is 1. The van der Waals surface area contributed by atoms with Crippen LogP contribution in [0.1, 0.15) is 13.3 Å². The molecule has 0 aromatic heterocycles. The van der Waals surface area contributed by atoms with Gasteiger partial charge in [-0.05, 0) is 18.6 Å². The average Bonchev–Trinajstić information content (AvgIpc) is 2.04. The summed E-state index contributed by atoms with van der Waals surface area (Å²) in [4.78, 5) is 1.77. The molecule has 72 valence electrons. The summed E-state index contributed by atoms with van der Waals surface area (Å²) in [6.45, 7) is 2.78. The second-order valence-corrected chi connectivity index (χ2v) is 3.02. The fourth-order valence-electron chi connectivity index (χ4n) is 1.25. The van der Waals surface area contributed by atoms with Crippen molar-refractivity contribution in [2.24, 2.45) is 0 Å². The van der Waals surface area contributed by atoms with E-state index in [1.165, 1.54) is 12.1 Å². The molecule has 0 bridgehead atoms. The second kappa shape index (κ2) is 4.21. The van der Waals surface area contributed by atoms with E-state index in [4.69, 9.17) is 0 Å². The molecule has 1 rings (SSSR count). The van der Waals surface area contributed by atoms with Crippen molar-refractivity contribution in [1.82, 2.24) is 0 Å². The Morgan fingerprint density at radius 3 is 2.54 bits per heavy atom. The van der Waals surface area contributed by atoms with Crippen molar-refractivity contribution in [2.45, 2.75) is 13.3 Å². The highest BCUT2D eigenvalue weighted by molar-refractivity contribution is 5.46.